The van der Waals surface area contributed by atoms with Crippen LogP contribution >= 0.6 is 0 Å². The number of nitrogens with zero attached hydrogens (tertiary/aromatic N) is 1. The first-order valence-electron chi connectivity index (χ1n) is 7.28. The lowest BCUT2D eigenvalue weighted by atomic mass is 10.0. The van der Waals surface area contributed by atoms with Gasteiger partial charge >= 0.3 is 5.97 Å². The van der Waals surface area contributed by atoms with Crippen molar-refractivity contribution in [1.82, 2.24) is 20.6 Å². The second-order valence-corrected chi connectivity index (χ2v) is 5.70. The monoisotopic (exact) mass is 325 g/mol. The van der Waals surface area contributed by atoms with Gasteiger partial charge in [0.25, 0.3) is 0 Å². The van der Waals surface area contributed by atoms with E-state index in [1.54, 1.807) is 13.8 Å². The fourth-order valence-electron chi connectivity index (χ4n) is 1.90. The standard InChI is InChI=1S/C14H23N5O4/c1-7(2)11(14(22)23)19-13(21)10(18-12(20)8(3)15)4-9-5-16-6-17-9/h5-8,10-11H,4,15H2,1-3H3,(H,16,17)(H,18,20)(H,19,21)(H,22,23). The molecule has 1 aromatic rings. The van der Waals surface area contributed by atoms with Crippen molar-refractivity contribution in [2.24, 2.45) is 11.7 Å². The first-order valence-corrected chi connectivity index (χ1v) is 7.28. The zero-order valence-electron chi connectivity index (χ0n) is 13.4. The van der Waals surface area contributed by atoms with Crippen LogP contribution < -0.4 is 16.4 Å². The predicted molar refractivity (Wildman–Crippen MR) is 82.3 cm³/mol. The Bertz CT molecular complexity index is 541. The third-order valence-electron chi connectivity index (χ3n) is 3.26. The van der Waals surface area contributed by atoms with Crippen LogP contribution in [-0.2, 0) is 20.8 Å². The summed E-state index contributed by atoms with van der Waals surface area (Å²) < 4.78 is 0. The molecule has 0 aliphatic rings. The largest absolute Gasteiger partial charge is 0.480 e. The molecule has 0 fully saturated rings. The number of imidazole rings is 1. The van der Waals surface area contributed by atoms with Crippen LogP contribution in [0.25, 0.3) is 0 Å². The van der Waals surface area contributed by atoms with Gasteiger partial charge in [0.2, 0.25) is 11.8 Å². The number of hydrogen-bond acceptors (Lipinski definition) is 5. The molecule has 0 aromatic carbocycles. The number of carbonyl (C=O) groups is 3. The van der Waals surface area contributed by atoms with Crippen LogP contribution in [0.5, 0.6) is 0 Å². The van der Waals surface area contributed by atoms with E-state index in [2.05, 4.69) is 20.6 Å². The van der Waals surface area contributed by atoms with Crippen LogP contribution in [0, 0.1) is 5.92 Å². The van der Waals surface area contributed by atoms with Gasteiger partial charge in [-0.05, 0) is 12.8 Å². The molecule has 0 saturated carbocycles. The van der Waals surface area contributed by atoms with Crippen molar-refractivity contribution >= 4 is 17.8 Å². The molecule has 3 unspecified atom stereocenters. The lowest BCUT2D eigenvalue weighted by Crippen LogP contribution is -2.55. The van der Waals surface area contributed by atoms with E-state index < -0.39 is 35.9 Å². The minimum absolute atomic E-state index is 0.148. The van der Waals surface area contributed by atoms with E-state index >= 15 is 0 Å². The maximum atomic E-state index is 12.4. The highest BCUT2D eigenvalue weighted by Gasteiger charge is 2.29. The number of nitrogens with one attached hydrogen (secondary N) is 3. The molecule has 0 aliphatic heterocycles. The highest BCUT2D eigenvalue weighted by molar-refractivity contribution is 5.91. The Hall–Kier alpha value is -2.42. The van der Waals surface area contributed by atoms with Gasteiger partial charge in [0.1, 0.15) is 12.1 Å². The molecule has 6 N–H and O–H groups in total. The number of aromatic amines is 1. The van der Waals surface area contributed by atoms with Crippen LogP contribution in [0.1, 0.15) is 26.5 Å². The van der Waals surface area contributed by atoms with Crippen LogP contribution in [0.4, 0.5) is 0 Å². The molecule has 0 radical (unpaired) electrons. The van der Waals surface area contributed by atoms with Crippen LogP contribution in [-0.4, -0.2) is 51.0 Å². The van der Waals surface area contributed by atoms with E-state index in [-0.39, 0.29) is 12.3 Å². The molecule has 1 rings (SSSR count). The summed E-state index contributed by atoms with van der Waals surface area (Å²) in [5.74, 6) is -2.52. The molecule has 9 nitrogen and oxygen atoms in total. The molecule has 0 bridgehead atoms. The number of amides is 2. The molecule has 3 atom stereocenters. The van der Waals surface area contributed by atoms with Gasteiger partial charge in [0.15, 0.2) is 0 Å². The van der Waals surface area contributed by atoms with Crippen LogP contribution in [0.15, 0.2) is 12.5 Å². The zero-order valence-corrected chi connectivity index (χ0v) is 13.4. The number of H-pyrrole nitrogens is 1. The minimum Gasteiger partial charge on any atom is -0.480 e. The van der Waals surface area contributed by atoms with Gasteiger partial charge in [0, 0.05) is 18.3 Å². The number of rotatable bonds is 8. The van der Waals surface area contributed by atoms with Crippen LogP contribution in [0.2, 0.25) is 0 Å². The number of hydrogen-bond donors (Lipinski definition) is 5. The van der Waals surface area contributed by atoms with E-state index in [0.29, 0.717) is 5.69 Å². The average Bonchev–Trinajstić information content (AvgIpc) is 2.95. The molecular formula is C14H23N5O4. The van der Waals surface area contributed by atoms with E-state index in [9.17, 15) is 14.4 Å². The van der Waals surface area contributed by atoms with E-state index in [1.165, 1.54) is 19.4 Å². The topological polar surface area (TPSA) is 150 Å². The Kier molecular flexibility index (Phi) is 6.70. The Morgan fingerprint density at radius 3 is 2.35 bits per heavy atom. The summed E-state index contributed by atoms with van der Waals surface area (Å²) in [5, 5.41) is 14.1. The fourth-order valence-corrected chi connectivity index (χ4v) is 1.90. The summed E-state index contributed by atoms with van der Waals surface area (Å²) in [6, 6.07) is -2.78. The highest BCUT2D eigenvalue weighted by atomic mass is 16.4. The van der Waals surface area contributed by atoms with Gasteiger partial charge < -0.3 is 26.5 Å². The lowest BCUT2D eigenvalue weighted by Gasteiger charge is -2.23. The molecule has 23 heavy (non-hydrogen) atoms. The van der Waals surface area contributed by atoms with Gasteiger partial charge in [-0.1, -0.05) is 13.8 Å². The van der Waals surface area contributed by atoms with Crippen molar-refractivity contribution in [3.05, 3.63) is 18.2 Å². The lowest BCUT2D eigenvalue weighted by molar-refractivity contribution is -0.143. The van der Waals surface area contributed by atoms with Crippen molar-refractivity contribution in [3.8, 4) is 0 Å². The van der Waals surface area contributed by atoms with Gasteiger partial charge in [-0.25, -0.2) is 9.78 Å². The Labute approximate surface area is 134 Å². The summed E-state index contributed by atoms with van der Waals surface area (Å²) in [6.07, 6.45) is 3.12. The molecule has 1 aromatic heterocycles. The van der Waals surface area contributed by atoms with Crippen molar-refractivity contribution in [2.75, 3.05) is 0 Å². The number of carbonyl (C=O) groups excluding carboxylic acids is 2. The van der Waals surface area contributed by atoms with Crippen molar-refractivity contribution in [3.63, 3.8) is 0 Å². The number of carboxylic acid groups (broad SMARTS) is 1. The second kappa shape index (κ2) is 8.28. The molecule has 2 amide bonds. The molecule has 9 heteroatoms. The van der Waals surface area contributed by atoms with E-state index in [4.69, 9.17) is 10.8 Å². The summed E-state index contributed by atoms with van der Waals surface area (Å²) in [4.78, 5) is 42.1. The second-order valence-electron chi connectivity index (χ2n) is 5.70. The smallest absolute Gasteiger partial charge is 0.326 e. The Balaban J connectivity index is 2.86. The molecule has 0 aliphatic carbocycles. The maximum absolute atomic E-state index is 12.4. The molecule has 1 heterocycles. The van der Waals surface area contributed by atoms with Crippen LogP contribution in [0.3, 0.4) is 0 Å². The van der Waals surface area contributed by atoms with Gasteiger partial charge in [0.05, 0.1) is 12.4 Å². The molecule has 0 saturated heterocycles. The molecule has 0 spiro atoms. The van der Waals surface area contributed by atoms with E-state index in [0.717, 1.165) is 0 Å². The normalized spacial score (nSPS) is 14.8. The summed E-state index contributed by atoms with van der Waals surface area (Å²) in [5.41, 5.74) is 6.13. The van der Waals surface area contributed by atoms with Crippen molar-refractivity contribution < 1.29 is 19.5 Å². The average molecular weight is 325 g/mol. The number of aromatic nitrogens is 2. The Morgan fingerprint density at radius 1 is 1.26 bits per heavy atom. The van der Waals surface area contributed by atoms with E-state index in [1.807, 2.05) is 0 Å². The molecule has 128 valence electrons. The number of aliphatic carboxylic acids is 1. The Morgan fingerprint density at radius 2 is 1.91 bits per heavy atom. The van der Waals surface area contributed by atoms with Crippen molar-refractivity contribution in [2.45, 2.75) is 45.3 Å². The van der Waals surface area contributed by atoms with Gasteiger partial charge in [-0.2, -0.15) is 0 Å². The number of nitrogens with two attached hydrogens (primary N) is 1. The third-order valence-corrected chi connectivity index (χ3v) is 3.26. The first kappa shape index (κ1) is 18.6. The summed E-state index contributed by atoms with van der Waals surface area (Å²) in [7, 11) is 0. The minimum atomic E-state index is -1.13. The molecular weight excluding hydrogens is 302 g/mol. The SMILES string of the molecule is CC(N)C(=O)NC(Cc1cnc[nH]1)C(=O)NC(C(=O)O)C(C)C. The quantitative estimate of drug-likeness (QED) is 0.414. The number of carboxylic acids is 1. The third kappa shape index (κ3) is 5.70. The highest BCUT2D eigenvalue weighted by Crippen LogP contribution is 2.05. The summed E-state index contributed by atoms with van der Waals surface area (Å²) >= 11 is 0. The summed E-state index contributed by atoms with van der Waals surface area (Å²) in [6.45, 7) is 4.86. The fraction of sp³-hybridized carbons (Fsp3) is 0.571. The first-order chi connectivity index (χ1) is 10.7. The van der Waals surface area contributed by atoms with Gasteiger partial charge in [-0.3, -0.25) is 9.59 Å². The maximum Gasteiger partial charge on any atom is 0.326 e. The predicted octanol–water partition coefficient (Wildman–Crippen LogP) is -0.990. The van der Waals surface area contributed by atoms with Crippen molar-refractivity contribution in [1.29, 1.82) is 0 Å². The zero-order chi connectivity index (χ0) is 17.6. The van der Waals surface area contributed by atoms with Gasteiger partial charge in [-0.15, -0.1) is 0 Å².